The largest absolute Gasteiger partial charge is 0.370 e. The second-order valence-corrected chi connectivity index (χ2v) is 4.87. The van der Waals surface area contributed by atoms with Crippen molar-refractivity contribution in [1.29, 1.82) is 5.26 Å². The summed E-state index contributed by atoms with van der Waals surface area (Å²) in [6, 6.07) is 7.39. The maximum atomic E-state index is 11.1. The molecular weight excluding hydrogens is 250 g/mol. The summed E-state index contributed by atoms with van der Waals surface area (Å²) in [7, 11) is 0. The Kier molecular flexibility index (Phi) is 3.73. The number of amides is 1. The van der Waals surface area contributed by atoms with Crippen LogP contribution in [-0.2, 0) is 4.79 Å². The number of carbonyl (C=O) groups is 1. The fourth-order valence-electron chi connectivity index (χ4n) is 2.27. The predicted molar refractivity (Wildman–Crippen MR) is 70.3 cm³/mol. The molecule has 2 rings (SSSR count). The zero-order valence-electron chi connectivity index (χ0n) is 9.90. The summed E-state index contributed by atoms with van der Waals surface area (Å²) in [5, 5.41) is 9.70. The van der Waals surface area contributed by atoms with Crippen molar-refractivity contribution in [2.45, 2.75) is 12.8 Å². The fraction of sp³-hybridized carbons (Fsp3) is 0.385. The molecule has 1 saturated heterocycles. The first-order valence-electron chi connectivity index (χ1n) is 5.85. The topological polar surface area (TPSA) is 70.1 Å². The molecule has 18 heavy (non-hydrogen) atoms. The van der Waals surface area contributed by atoms with Crippen LogP contribution in [0.25, 0.3) is 0 Å². The Morgan fingerprint density at radius 2 is 2.11 bits per heavy atom. The third kappa shape index (κ3) is 2.57. The monoisotopic (exact) mass is 263 g/mol. The van der Waals surface area contributed by atoms with Crippen LogP contribution in [0.4, 0.5) is 5.69 Å². The van der Waals surface area contributed by atoms with Crippen LogP contribution in [0.5, 0.6) is 0 Å². The number of piperidine rings is 1. The van der Waals surface area contributed by atoms with Gasteiger partial charge in [0.1, 0.15) is 6.07 Å². The van der Waals surface area contributed by atoms with Gasteiger partial charge in [0, 0.05) is 24.0 Å². The van der Waals surface area contributed by atoms with E-state index in [-0.39, 0.29) is 11.8 Å². The Morgan fingerprint density at radius 3 is 2.67 bits per heavy atom. The first kappa shape index (κ1) is 12.7. The van der Waals surface area contributed by atoms with Crippen LogP contribution in [0.15, 0.2) is 18.2 Å². The third-order valence-electron chi connectivity index (χ3n) is 3.32. The molecule has 1 aliphatic heterocycles. The Balaban J connectivity index is 2.17. The average Bonchev–Trinajstić information content (AvgIpc) is 2.39. The van der Waals surface area contributed by atoms with Crippen molar-refractivity contribution in [2.75, 3.05) is 18.0 Å². The minimum Gasteiger partial charge on any atom is -0.370 e. The smallest absolute Gasteiger partial charge is 0.220 e. The van der Waals surface area contributed by atoms with Crippen molar-refractivity contribution >= 4 is 23.2 Å². The normalized spacial score (nSPS) is 16.3. The summed E-state index contributed by atoms with van der Waals surface area (Å²) in [5.41, 5.74) is 6.75. The van der Waals surface area contributed by atoms with Gasteiger partial charge < -0.3 is 10.6 Å². The number of carbonyl (C=O) groups excluding carboxylic acids is 1. The van der Waals surface area contributed by atoms with Crippen molar-refractivity contribution in [2.24, 2.45) is 11.7 Å². The lowest BCUT2D eigenvalue weighted by molar-refractivity contribution is -0.122. The van der Waals surface area contributed by atoms with E-state index in [2.05, 4.69) is 11.0 Å². The molecule has 1 aromatic rings. The van der Waals surface area contributed by atoms with E-state index in [1.807, 2.05) is 0 Å². The zero-order chi connectivity index (χ0) is 13.1. The van der Waals surface area contributed by atoms with Crippen LogP contribution in [0.2, 0.25) is 5.02 Å². The second-order valence-electron chi connectivity index (χ2n) is 4.44. The summed E-state index contributed by atoms with van der Waals surface area (Å²) in [5.74, 6) is -0.285. The van der Waals surface area contributed by atoms with Gasteiger partial charge in [-0.25, -0.2) is 0 Å². The molecule has 0 aromatic heterocycles. The highest BCUT2D eigenvalue weighted by Crippen LogP contribution is 2.28. The van der Waals surface area contributed by atoms with E-state index in [1.165, 1.54) is 0 Å². The first-order chi connectivity index (χ1) is 8.61. The number of nitrogens with zero attached hydrogens (tertiary/aromatic N) is 2. The van der Waals surface area contributed by atoms with Crippen molar-refractivity contribution in [3.63, 3.8) is 0 Å². The van der Waals surface area contributed by atoms with Crippen LogP contribution in [-0.4, -0.2) is 19.0 Å². The number of anilines is 1. The minimum absolute atomic E-state index is 0.0500. The lowest BCUT2D eigenvalue weighted by Crippen LogP contribution is -2.38. The number of rotatable bonds is 2. The second kappa shape index (κ2) is 5.28. The molecule has 1 aromatic carbocycles. The number of halogens is 1. The molecule has 0 spiro atoms. The van der Waals surface area contributed by atoms with Gasteiger partial charge in [-0.05, 0) is 31.0 Å². The summed E-state index contributed by atoms with van der Waals surface area (Å²) >= 11 is 5.96. The Morgan fingerprint density at radius 1 is 1.44 bits per heavy atom. The molecule has 1 amide bonds. The van der Waals surface area contributed by atoms with Gasteiger partial charge in [0.15, 0.2) is 0 Å². The Labute approximate surface area is 111 Å². The predicted octanol–water partition coefficient (Wildman–Crippen LogP) is 1.91. The number of primary amides is 1. The Hall–Kier alpha value is -1.73. The van der Waals surface area contributed by atoms with Crippen LogP contribution >= 0.6 is 11.6 Å². The molecule has 0 saturated carbocycles. The van der Waals surface area contributed by atoms with E-state index >= 15 is 0 Å². The van der Waals surface area contributed by atoms with Gasteiger partial charge in [-0.1, -0.05) is 11.6 Å². The van der Waals surface area contributed by atoms with Gasteiger partial charge in [-0.3, -0.25) is 4.79 Å². The van der Waals surface area contributed by atoms with E-state index in [9.17, 15) is 4.79 Å². The van der Waals surface area contributed by atoms with Crippen LogP contribution in [0.3, 0.4) is 0 Å². The molecule has 0 unspecified atom stereocenters. The molecule has 5 heteroatoms. The van der Waals surface area contributed by atoms with Crippen LogP contribution in [0.1, 0.15) is 18.4 Å². The van der Waals surface area contributed by atoms with Gasteiger partial charge in [0.25, 0.3) is 0 Å². The minimum atomic E-state index is -0.235. The highest BCUT2D eigenvalue weighted by molar-refractivity contribution is 6.30. The lowest BCUT2D eigenvalue weighted by atomic mass is 9.95. The summed E-state index contributed by atoms with van der Waals surface area (Å²) in [4.78, 5) is 13.2. The van der Waals surface area contributed by atoms with Gasteiger partial charge >= 0.3 is 0 Å². The maximum absolute atomic E-state index is 11.1. The molecule has 1 fully saturated rings. The van der Waals surface area contributed by atoms with Crippen molar-refractivity contribution in [3.8, 4) is 6.07 Å². The summed E-state index contributed by atoms with van der Waals surface area (Å²) in [6.07, 6.45) is 1.46. The van der Waals surface area contributed by atoms with Crippen molar-refractivity contribution < 1.29 is 4.79 Å². The third-order valence-corrected chi connectivity index (χ3v) is 3.55. The van der Waals surface area contributed by atoms with Crippen molar-refractivity contribution in [1.82, 2.24) is 0 Å². The number of hydrogen-bond acceptors (Lipinski definition) is 3. The molecular formula is C13H14ClN3O. The molecule has 0 bridgehead atoms. The summed E-state index contributed by atoms with van der Waals surface area (Å²) in [6.45, 7) is 1.45. The number of nitriles is 1. The van der Waals surface area contributed by atoms with E-state index in [0.29, 0.717) is 10.6 Å². The molecule has 0 atom stereocenters. The average molecular weight is 264 g/mol. The van der Waals surface area contributed by atoms with Gasteiger partial charge in [-0.15, -0.1) is 0 Å². The highest BCUT2D eigenvalue weighted by atomic mass is 35.5. The molecule has 1 heterocycles. The van der Waals surface area contributed by atoms with E-state index in [0.717, 1.165) is 31.6 Å². The molecule has 0 radical (unpaired) electrons. The number of nitrogens with two attached hydrogens (primary N) is 1. The quantitative estimate of drug-likeness (QED) is 0.886. The SMILES string of the molecule is N#Cc1ccc(Cl)cc1N1CCC(C(N)=O)CC1. The maximum Gasteiger partial charge on any atom is 0.220 e. The van der Waals surface area contributed by atoms with Gasteiger partial charge in [0.2, 0.25) is 5.91 Å². The van der Waals surface area contributed by atoms with E-state index < -0.39 is 0 Å². The van der Waals surface area contributed by atoms with Crippen molar-refractivity contribution in [3.05, 3.63) is 28.8 Å². The lowest BCUT2D eigenvalue weighted by Gasteiger charge is -2.32. The highest BCUT2D eigenvalue weighted by Gasteiger charge is 2.24. The van der Waals surface area contributed by atoms with E-state index in [1.54, 1.807) is 18.2 Å². The zero-order valence-corrected chi connectivity index (χ0v) is 10.7. The van der Waals surface area contributed by atoms with E-state index in [4.69, 9.17) is 22.6 Å². The molecule has 0 aliphatic carbocycles. The first-order valence-corrected chi connectivity index (χ1v) is 6.23. The standard InChI is InChI=1S/C13H14ClN3O/c14-11-2-1-10(8-15)12(7-11)17-5-3-9(4-6-17)13(16)18/h1-2,7,9H,3-6H2,(H2,16,18). The van der Waals surface area contributed by atoms with Crippen LogP contribution in [0, 0.1) is 17.2 Å². The molecule has 1 aliphatic rings. The number of hydrogen-bond donors (Lipinski definition) is 1. The van der Waals surface area contributed by atoms with Gasteiger partial charge in [0.05, 0.1) is 11.3 Å². The molecule has 2 N–H and O–H groups in total. The molecule has 94 valence electrons. The van der Waals surface area contributed by atoms with Crippen LogP contribution < -0.4 is 10.6 Å². The fourth-order valence-corrected chi connectivity index (χ4v) is 2.43. The number of benzene rings is 1. The Bertz CT molecular complexity index is 501. The summed E-state index contributed by atoms with van der Waals surface area (Å²) < 4.78 is 0. The molecule has 4 nitrogen and oxygen atoms in total. The van der Waals surface area contributed by atoms with Gasteiger partial charge in [-0.2, -0.15) is 5.26 Å².